The largest absolute Gasteiger partial charge is 0.368 e. The van der Waals surface area contributed by atoms with Crippen LogP contribution in [0.1, 0.15) is 12.8 Å². The van der Waals surface area contributed by atoms with Crippen molar-refractivity contribution < 1.29 is 4.79 Å². The van der Waals surface area contributed by atoms with E-state index in [0.29, 0.717) is 0 Å². The summed E-state index contributed by atoms with van der Waals surface area (Å²) in [5.41, 5.74) is 5.00. The molecular formula is C7H12N2O. The highest BCUT2D eigenvalue weighted by Crippen LogP contribution is 2.02. The van der Waals surface area contributed by atoms with Crippen molar-refractivity contribution in [2.45, 2.75) is 18.9 Å². The number of hydrogen-bond acceptors (Lipinski definition) is 2. The maximum absolute atomic E-state index is 10.4. The molecule has 1 atom stereocenters. The van der Waals surface area contributed by atoms with Crippen LogP contribution in [-0.2, 0) is 4.79 Å². The summed E-state index contributed by atoms with van der Waals surface area (Å²) in [5.74, 6) is -0.220. The van der Waals surface area contributed by atoms with Crippen molar-refractivity contribution in [2.75, 3.05) is 6.54 Å². The first-order chi connectivity index (χ1) is 4.80. The number of primary amides is 1. The predicted octanol–water partition coefficient (Wildman–Crippen LogP) is -0.527. The van der Waals surface area contributed by atoms with Crippen molar-refractivity contribution >= 4 is 5.91 Å². The lowest BCUT2D eigenvalue weighted by atomic mass is 10.2. The standard InChI is InChI=1S/C5H10N2O.C2H2/c6-5(8)4-2-1-3-7-4;1-2/h4,7H,1-3H2,(H2,6,8);1-2H/t4-;/m0./s1. The van der Waals surface area contributed by atoms with Gasteiger partial charge in [0.2, 0.25) is 5.91 Å². The number of amides is 1. The molecule has 0 aliphatic carbocycles. The maximum atomic E-state index is 10.4. The second-order valence-corrected chi connectivity index (χ2v) is 2.05. The first kappa shape index (κ1) is 8.99. The maximum Gasteiger partial charge on any atom is 0.234 e. The number of carbonyl (C=O) groups excluding carboxylic acids is 1. The molecule has 1 saturated heterocycles. The van der Waals surface area contributed by atoms with Crippen LogP contribution in [0.5, 0.6) is 0 Å². The minimum Gasteiger partial charge on any atom is -0.368 e. The molecule has 0 aromatic carbocycles. The van der Waals surface area contributed by atoms with Gasteiger partial charge in [-0.25, -0.2) is 0 Å². The summed E-state index contributed by atoms with van der Waals surface area (Å²) in [6.07, 6.45) is 9.99. The molecule has 1 amide bonds. The minimum absolute atomic E-state index is 0.0463. The van der Waals surface area contributed by atoms with Crippen LogP contribution >= 0.6 is 0 Å². The Balaban J connectivity index is 0.000000371. The Morgan fingerprint density at radius 3 is 2.40 bits per heavy atom. The third-order valence-corrected chi connectivity index (χ3v) is 1.40. The van der Waals surface area contributed by atoms with E-state index < -0.39 is 0 Å². The zero-order valence-corrected chi connectivity index (χ0v) is 5.84. The number of terminal acetylenes is 1. The van der Waals surface area contributed by atoms with Crippen LogP contribution in [0, 0.1) is 12.8 Å². The first-order valence-corrected chi connectivity index (χ1v) is 3.17. The first-order valence-electron chi connectivity index (χ1n) is 3.17. The van der Waals surface area contributed by atoms with Crippen LogP contribution < -0.4 is 11.1 Å². The van der Waals surface area contributed by atoms with Crippen molar-refractivity contribution in [3.8, 4) is 12.8 Å². The van der Waals surface area contributed by atoms with E-state index >= 15 is 0 Å². The molecule has 3 nitrogen and oxygen atoms in total. The Morgan fingerprint density at radius 2 is 2.20 bits per heavy atom. The molecule has 0 unspecified atom stereocenters. The number of nitrogens with one attached hydrogen (secondary N) is 1. The average Bonchev–Trinajstić information content (AvgIpc) is 2.42. The van der Waals surface area contributed by atoms with Crippen molar-refractivity contribution in [1.82, 2.24) is 5.32 Å². The van der Waals surface area contributed by atoms with Gasteiger partial charge in [-0.15, -0.1) is 12.8 Å². The van der Waals surface area contributed by atoms with Gasteiger partial charge in [0.25, 0.3) is 0 Å². The van der Waals surface area contributed by atoms with E-state index in [2.05, 4.69) is 18.2 Å². The zero-order chi connectivity index (χ0) is 7.98. The highest BCUT2D eigenvalue weighted by atomic mass is 16.1. The molecule has 3 N–H and O–H groups in total. The van der Waals surface area contributed by atoms with Crippen LogP contribution in [0.3, 0.4) is 0 Å². The predicted molar refractivity (Wildman–Crippen MR) is 40.1 cm³/mol. The van der Waals surface area contributed by atoms with Crippen LogP contribution in [0.25, 0.3) is 0 Å². The molecule has 10 heavy (non-hydrogen) atoms. The van der Waals surface area contributed by atoms with Crippen molar-refractivity contribution in [3.63, 3.8) is 0 Å². The van der Waals surface area contributed by atoms with E-state index in [0.717, 1.165) is 19.4 Å². The SMILES string of the molecule is C#C.NC(=O)[C@@H]1CCCN1. The van der Waals surface area contributed by atoms with E-state index in [1.165, 1.54) is 0 Å². The van der Waals surface area contributed by atoms with E-state index in [-0.39, 0.29) is 11.9 Å². The molecule has 3 heteroatoms. The summed E-state index contributed by atoms with van der Waals surface area (Å²) in [4.78, 5) is 10.4. The van der Waals surface area contributed by atoms with Crippen LogP contribution in [0.4, 0.5) is 0 Å². The summed E-state index contributed by atoms with van der Waals surface area (Å²) < 4.78 is 0. The van der Waals surface area contributed by atoms with Gasteiger partial charge in [-0.05, 0) is 19.4 Å². The molecule has 0 aromatic heterocycles. The van der Waals surface area contributed by atoms with Gasteiger partial charge in [0.05, 0.1) is 6.04 Å². The van der Waals surface area contributed by atoms with E-state index in [4.69, 9.17) is 5.73 Å². The van der Waals surface area contributed by atoms with Crippen LogP contribution in [-0.4, -0.2) is 18.5 Å². The zero-order valence-electron chi connectivity index (χ0n) is 5.84. The van der Waals surface area contributed by atoms with Gasteiger partial charge in [-0.1, -0.05) is 0 Å². The number of hydrogen-bond donors (Lipinski definition) is 2. The molecule has 56 valence electrons. The molecule has 1 aliphatic heterocycles. The highest BCUT2D eigenvalue weighted by molar-refractivity contribution is 5.80. The number of carbonyl (C=O) groups is 1. The molecule has 1 fully saturated rings. The Hall–Kier alpha value is -1.01. The van der Waals surface area contributed by atoms with Gasteiger partial charge in [0, 0.05) is 0 Å². The van der Waals surface area contributed by atoms with Crippen LogP contribution in [0.15, 0.2) is 0 Å². The third kappa shape index (κ3) is 2.51. The summed E-state index contributed by atoms with van der Waals surface area (Å²) in [7, 11) is 0. The van der Waals surface area contributed by atoms with E-state index in [9.17, 15) is 4.79 Å². The summed E-state index contributed by atoms with van der Waals surface area (Å²) in [5, 5.41) is 2.98. The van der Waals surface area contributed by atoms with Gasteiger partial charge >= 0.3 is 0 Å². The van der Waals surface area contributed by atoms with Crippen molar-refractivity contribution in [3.05, 3.63) is 0 Å². The lowest BCUT2D eigenvalue weighted by molar-refractivity contribution is -0.119. The lowest BCUT2D eigenvalue weighted by Gasteiger charge is -2.01. The molecule has 1 aliphatic rings. The normalized spacial score (nSPS) is 22.8. The van der Waals surface area contributed by atoms with E-state index in [1.807, 2.05) is 0 Å². The van der Waals surface area contributed by atoms with E-state index in [1.54, 1.807) is 0 Å². The fourth-order valence-corrected chi connectivity index (χ4v) is 0.927. The molecule has 1 rings (SSSR count). The van der Waals surface area contributed by atoms with Crippen molar-refractivity contribution in [2.24, 2.45) is 5.73 Å². The summed E-state index contributed by atoms with van der Waals surface area (Å²) in [6, 6.07) is -0.0463. The topological polar surface area (TPSA) is 55.1 Å². The average molecular weight is 140 g/mol. The highest BCUT2D eigenvalue weighted by Gasteiger charge is 2.18. The Bertz CT molecular complexity index is 125. The summed E-state index contributed by atoms with van der Waals surface area (Å²) in [6.45, 7) is 0.938. The van der Waals surface area contributed by atoms with Crippen molar-refractivity contribution in [1.29, 1.82) is 0 Å². The number of rotatable bonds is 1. The van der Waals surface area contributed by atoms with Gasteiger partial charge in [-0.3, -0.25) is 4.79 Å². The van der Waals surface area contributed by atoms with Gasteiger partial charge < -0.3 is 11.1 Å². The molecule has 0 saturated carbocycles. The Labute approximate surface area is 61.0 Å². The molecular weight excluding hydrogens is 128 g/mol. The fraction of sp³-hybridized carbons (Fsp3) is 0.571. The van der Waals surface area contributed by atoms with Gasteiger partial charge in [0.1, 0.15) is 0 Å². The Kier molecular flexibility index (Phi) is 4.34. The lowest BCUT2D eigenvalue weighted by Crippen LogP contribution is -2.36. The Morgan fingerprint density at radius 1 is 1.60 bits per heavy atom. The quantitative estimate of drug-likeness (QED) is 0.481. The molecule has 0 radical (unpaired) electrons. The molecule has 1 heterocycles. The second-order valence-electron chi connectivity index (χ2n) is 2.05. The summed E-state index contributed by atoms with van der Waals surface area (Å²) >= 11 is 0. The monoisotopic (exact) mass is 140 g/mol. The second kappa shape index (κ2) is 4.83. The smallest absolute Gasteiger partial charge is 0.234 e. The number of nitrogens with two attached hydrogens (primary N) is 1. The fourth-order valence-electron chi connectivity index (χ4n) is 0.927. The minimum atomic E-state index is -0.220. The third-order valence-electron chi connectivity index (χ3n) is 1.40. The van der Waals surface area contributed by atoms with Gasteiger partial charge in [-0.2, -0.15) is 0 Å². The molecule has 0 aromatic rings. The molecule has 0 bridgehead atoms. The van der Waals surface area contributed by atoms with Gasteiger partial charge in [0.15, 0.2) is 0 Å². The van der Waals surface area contributed by atoms with Crippen LogP contribution in [0.2, 0.25) is 0 Å². The molecule has 0 spiro atoms.